The highest BCUT2D eigenvalue weighted by Gasteiger charge is 2.11. The van der Waals surface area contributed by atoms with Gasteiger partial charge in [-0.25, -0.2) is 4.98 Å². The van der Waals surface area contributed by atoms with E-state index >= 15 is 0 Å². The van der Waals surface area contributed by atoms with Crippen molar-refractivity contribution < 1.29 is 9.53 Å². The first-order chi connectivity index (χ1) is 11.6. The van der Waals surface area contributed by atoms with Gasteiger partial charge in [-0.2, -0.15) is 0 Å². The third-order valence-electron chi connectivity index (χ3n) is 3.58. The quantitative estimate of drug-likeness (QED) is 0.740. The Hall–Kier alpha value is -2.66. The fourth-order valence-corrected chi connectivity index (χ4v) is 3.16. The fourth-order valence-electron chi connectivity index (χ4n) is 2.37. The van der Waals surface area contributed by atoms with Gasteiger partial charge in [0.05, 0.1) is 4.88 Å². The van der Waals surface area contributed by atoms with Gasteiger partial charge in [-0.3, -0.25) is 4.79 Å². The Balaban J connectivity index is 1.64. The summed E-state index contributed by atoms with van der Waals surface area (Å²) in [6, 6.07) is 13.3. The largest absolute Gasteiger partial charge is 0.488 e. The van der Waals surface area contributed by atoms with Crippen LogP contribution in [-0.4, -0.2) is 10.9 Å². The van der Waals surface area contributed by atoms with Crippen molar-refractivity contribution in [2.24, 2.45) is 0 Å². The Bertz CT molecular complexity index is 823. The van der Waals surface area contributed by atoms with Gasteiger partial charge in [0.15, 0.2) is 0 Å². The molecule has 0 fully saturated rings. The van der Waals surface area contributed by atoms with Crippen LogP contribution < -0.4 is 10.1 Å². The van der Waals surface area contributed by atoms with Crippen molar-refractivity contribution in [1.82, 2.24) is 4.98 Å². The third kappa shape index (κ3) is 3.81. The molecule has 2 aromatic heterocycles. The number of anilines is 1. The first kappa shape index (κ1) is 16.2. The van der Waals surface area contributed by atoms with Crippen LogP contribution in [0.5, 0.6) is 5.75 Å². The number of amides is 1. The summed E-state index contributed by atoms with van der Waals surface area (Å²) in [5.74, 6) is 1.30. The van der Waals surface area contributed by atoms with Crippen LogP contribution in [0.4, 0.5) is 5.82 Å². The Morgan fingerprint density at radius 1 is 1.17 bits per heavy atom. The van der Waals surface area contributed by atoms with Crippen molar-refractivity contribution in [3.05, 3.63) is 75.6 Å². The van der Waals surface area contributed by atoms with Crippen LogP contribution in [0.1, 0.15) is 26.4 Å². The van der Waals surface area contributed by atoms with E-state index < -0.39 is 0 Å². The van der Waals surface area contributed by atoms with Gasteiger partial charge in [0, 0.05) is 11.8 Å². The molecule has 1 N–H and O–H groups in total. The van der Waals surface area contributed by atoms with Crippen LogP contribution in [-0.2, 0) is 6.61 Å². The maximum absolute atomic E-state index is 12.2. The van der Waals surface area contributed by atoms with Crippen molar-refractivity contribution >= 4 is 23.1 Å². The molecule has 0 saturated carbocycles. The van der Waals surface area contributed by atoms with Crippen molar-refractivity contribution in [2.75, 3.05) is 5.32 Å². The molecule has 0 radical (unpaired) electrons. The lowest BCUT2D eigenvalue weighted by atomic mass is 10.1. The standard InChI is InChI=1S/C19H18N2O2S/c1-13-6-5-7-14(2)18(13)23-11-15-10-16(24-12-15)19(22)21-17-8-3-4-9-20-17/h3-10,12H,11H2,1-2H3,(H,20,21,22). The smallest absolute Gasteiger partial charge is 0.266 e. The van der Waals surface area contributed by atoms with E-state index in [0.717, 1.165) is 22.4 Å². The molecule has 4 nitrogen and oxygen atoms in total. The molecule has 2 heterocycles. The van der Waals surface area contributed by atoms with Crippen molar-refractivity contribution in [2.45, 2.75) is 20.5 Å². The summed E-state index contributed by atoms with van der Waals surface area (Å²) in [7, 11) is 0. The van der Waals surface area contributed by atoms with E-state index in [2.05, 4.69) is 10.3 Å². The van der Waals surface area contributed by atoms with Gasteiger partial charge in [-0.15, -0.1) is 11.3 Å². The molecule has 0 aliphatic carbocycles. The summed E-state index contributed by atoms with van der Waals surface area (Å²) in [4.78, 5) is 17.0. The van der Waals surface area contributed by atoms with Gasteiger partial charge < -0.3 is 10.1 Å². The van der Waals surface area contributed by atoms with Crippen molar-refractivity contribution in [3.8, 4) is 5.75 Å². The fraction of sp³-hybridized carbons (Fsp3) is 0.158. The Labute approximate surface area is 145 Å². The molecule has 1 aromatic carbocycles. The average Bonchev–Trinajstić information content (AvgIpc) is 3.04. The number of hydrogen-bond acceptors (Lipinski definition) is 4. The average molecular weight is 338 g/mol. The summed E-state index contributed by atoms with van der Waals surface area (Å²) in [6.45, 7) is 4.50. The van der Waals surface area contributed by atoms with Crippen molar-refractivity contribution in [3.63, 3.8) is 0 Å². The SMILES string of the molecule is Cc1cccc(C)c1OCc1csc(C(=O)Nc2ccccn2)c1. The molecule has 0 saturated heterocycles. The number of rotatable bonds is 5. The molecule has 0 aliphatic heterocycles. The summed E-state index contributed by atoms with van der Waals surface area (Å²) in [6.07, 6.45) is 1.65. The summed E-state index contributed by atoms with van der Waals surface area (Å²) in [5, 5.41) is 4.73. The van der Waals surface area contributed by atoms with Crippen LogP contribution in [0.15, 0.2) is 54.0 Å². The first-order valence-corrected chi connectivity index (χ1v) is 8.50. The number of benzene rings is 1. The van der Waals surface area contributed by atoms with Gasteiger partial charge in [-0.1, -0.05) is 24.3 Å². The number of hydrogen-bond donors (Lipinski definition) is 1. The summed E-state index contributed by atoms with van der Waals surface area (Å²) in [5.41, 5.74) is 3.20. The number of aromatic nitrogens is 1. The van der Waals surface area contributed by atoms with Gasteiger partial charge in [0.25, 0.3) is 5.91 Å². The van der Waals surface area contributed by atoms with Gasteiger partial charge >= 0.3 is 0 Å². The Kier molecular flexibility index (Phi) is 4.91. The molecule has 0 unspecified atom stereocenters. The molecule has 24 heavy (non-hydrogen) atoms. The van der Waals surface area contributed by atoms with Crippen LogP contribution in [0.3, 0.4) is 0 Å². The number of ether oxygens (including phenoxy) is 1. The number of thiophene rings is 1. The second-order valence-electron chi connectivity index (χ2n) is 5.50. The molecule has 3 rings (SSSR count). The number of para-hydroxylation sites is 1. The molecule has 0 aliphatic rings. The molecule has 3 aromatic rings. The number of carbonyl (C=O) groups excluding carboxylic acids is 1. The predicted octanol–water partition coefficient (Wildman–Crippen LogP) is 4.59. The number of aryl methyl sites for hydroxylation is 2. The van der Waals surface area contributed by atoms with E-state index in [0.29, 0.717) is 17.3 Å². The summed E-state index contributed by atoms with van der Waals surface area (Å²) >= 11 is 1.40. The van der Waals surface area contributed by atoms with Gasteiger partial charge in [0.2, 0.25) is 0 Å². The summed E-state index contributed by atoms with van der Waals surface area (Å²) < 4.78 is 5.93. The maximum atomic E-state index is 12.2. The van der Waals surface area contributed by atoms with E-state index in [-0.39, 0.29) is 5.91 Å². The van der Waals surface area contributed by atoms with E-state index in [9.17, 15) is 4.79 Å². The van der Waals surface area contributed by atoms with Crippen LogP contribution in [0.2, 0.25) is 0 Å². The van der Waals surface area contributed by atoms with E-state index in [1.54, 1.807) is 12.3 Å². The third-order valence-corrected chi connectivity index (χ3v) is 4.55. The van der Waals surface area contributed by atoms with Crippen LogP contribution in [0.25, 0.3) is 0 Å². The minimum absolute atomic E-state index is 0.156. The van der Waals surface area contributed by atoms with E-state index in [1.165, 1.54) is 11.3 Å². The first-order valence-electron chi connectivity index (χ1n) is 7.62. The second kappa shape index (κ2) is 7.27. The van der Waals surface area contributed by atoms with E-state index in [1.807, 2.05) is 55.6 Å². The number of carbonyl (C=O) groups is 1. The molecule has 1 amide bonds. The van der Waals surface area contributed by atoms with Crippen molar-refractivity contribution in [1.29, 1.82) is 0 Å². The number of nitrogens with zero attached hydrogens (tertiary/aromatic N) is 1. The van der Waals surface area contributed by atoms with Gasteiger partial charge in [-0.05, 0) is 48.6 Å². The molecule has 5 heteroatoms. The zero-order valence-corrected chi connectivity index (χ0v) is 14.4. The second-order valence-corrected chi connectivity index (χ2v) is 6.41. The lowest BCUT2D eigenvalue weighted by Gasteiger charge is -2.10. The molecule has 0 bridgehead atoms. The maximum Gasteiger partial charge on any atom is 0.266 e. The lowest BCUT2D eigenvalue weighted by Crippen LogP contribution is -2.11. The highest BCUT2D eigenvalue weighted by molar-refractivity contribution is 7.12. The zero-order chi connectivity index (χ0) is 16.9. The Morgan fingerprint density at radius 2 is 1.96 bits per heavy atom. The van der Waals surface area contributed by atoms with Crippen LogP contribution in [0, 0.1) is 13.8 Å². The molecule has 122 valence electrons. The topological polar surface area (TPSA) is 51.2 Å². The Morgan fingerprint density at radius 3 is 2.67 bits per heavy atom. The van der Waals surface area contributed by atoms with Gasteiger partial charge in [0.1, 0.15) is 18.2 Å². The lowest BCUT2D eigenvalue weighted by molar-refractivity contribution is 0.103. The molecule has 0 spiro atoms. The molecular weight excluding hydrogens is 320 g/mol. The van der Waals surface area contributed by atoms with E-state index in [4.69, 9.17) is 4.74 Å². The highest BCUT2D eigenvalue weighted by Crippen LogP contribution is 2.24. The molecule has 0 atom stereocenters. The minimum Gasteiger partial charge on any atom is -0.488 e. The number of nitrogens with one attached hydrogen (secondary N) is 1. The number of pyridine rings is 1. The van der Waals surface area contributed by atoms with Crippen LogP contribution >= 0.6 is 11.3 Å². The normalized spacial score (nSPS) is 10.4. The highest BCUT2D eigenvalue weighted by atomic mass is 32.1. The predicted molar refractivity (Wildman–Crippen MR) is 96.8 cm³/mol. The monoisotopic (exact) mass is 338 g/mol. The minimum atomic E-state index is -0.156. The zero-order valence-electron chi connectivity index (χ0n) is 13.6. The molecular formula is C19H18N2O2S.